The van der Waals surface area contributed by atoms with Crippen molar-refractivity contribution >= 4 is 5.97 Å². The summed E-state index contributed by atoms with van der Waals surface area (Å²) in [7, 11) is 0. The third kappa shape index (κ3) is 4.85. The van der Waals surface area contributed by atoms with Crippen LogP contribution < -0.4 is 14.2 Å². The molecule has 8 nitrogen and oxygen atoms in total. The number of carboxylic acid groups (broad SMARTS) is 1. The van der Waals surface area contributed by atoms with E-state index in [1.54, 1.807) is 26.0 Å². The summed E-state index contributed by atoms with van der Waals surface area (Å²) in [6.07, 6.45) is 3.61. The normalized spacial score (nSPS) is 21.6. The van der Waals surface area contributed by atoms with Crippen LogP contribution in [0.4, 0.5) is 13.2 Å². The first-order chi connectivity index (χ1) is 20.9. The molecule has 1 aromatic heterocycles. The molecular formula is C33H29F3N2O6. The highest BCUT2D eigenvalue weighted by atomic mass is 19.1. The van der Waals surface area contributed by atoms with Crippen LogP contribution in [0.2, 0.25) is 0 Å². The molecule has 2 unspecified atom stereocenters. The van der Waals surface area contributed by atoms with Crippen LogP contribution in [0.1, 0.15) is 49.5 Å². The summed E-state index contributed by atoms with van der Waals surface area (Å²) < 4.78 is 64.7. The summed E-state index contributed by atoms with van der Waals surface area (Å²) in [5.74, 6) is -2.49. The van der Waals surface area contributed by atoms with E-state index in [2.05, 4.69) is 5.10 Å². The average molecular weight is 607 g/mol. The van der Waals surface area contributed by atoms with Crippen molar-refractivity contribution in [2.75, 3.05) is 6.61 Å². The Bertz CT molecular complexity index is 1820. The minimum Gasteiger partial charge on any atom is -0.492 e. The molecule has 7 rings (SSSR count). The predicted octanol–water partition coefficient (Wildman–Crippen LogP) is 6.33. The van der Waals surface area contributed by atoms with Gasteiger partial charge in [0.15, 0.2) is 11.6 Å². The zero-order valence-electron chi connectivity index (χ0n) is 23.9. The van der Waals surface area contributed by atoms with Crippen LogP contribution in [0.25, 0.3) is 11.1 Å². The van der Waals surface area contributed by atoms with Crippen LogP contribution in [0, 0.1) is 23.4 Å². The van der Waals surface area contributed by atoms with Gasteiger partial charge in [0.1, 0.15) is 35.0 Å². The zero-order valence-corrected chi connectivity index (χ0v) is 23.9. The van der Waals surface area contributed by atoms with Gasteiger partial charge in [0, 0.05) is 51.6 Å². The SMILES string of the molecule is CC(C)(O)Cn1cc(-c2cc(F)c(Oc3ccc(F)c4c3CC[C@H]4Oc3ccc4c(c3)OCC43CC3C(=O)O)cc2F)cn1. The van der Waals surface area contributed by atoms with Gasteiger partial charge in [-0.2, -0.15) is 5.10 Å². The Morgan fingerprint density at radius 3 is 2.68 bits per heavy atom. The monoisotopic (exact) mass is 606 g/mol. The molecule has 0 bridgehead atoms. The Labute approximate surface area is 250 Å². The van der Waals surface area contributed by atoms with Gasteiger partial charge in [-0.3, -0.25) is 9.48 Å². The molecule has 2 N–H and O–H groups in total. The molecule has 2 aliphatic carbocycles. The van der Waals surface area contributed by atoms with Crippen molar-refractivity contribution in [2.24, 2.45) is 5.92 Å². The summed E-state index contributed by atoms with van der Waals surface area (Å²) in [6, 6.07) is 9.81. The minimum atomic E-state index is -1.03. The van der Waals surface area contributed by atoms with E-state index in [9.17, 15) is 15.0 Å². The quantitative estimate of drug-likeness (QED) is 0.242. The molecule has 0 radical (unpaired) electrons. The highest BCUT2D eigenvalue weighted by Gasteiger charge is 2.63. The van der Waals surface area contributed by atoms with Gasteiger partial charge in [-0.05, 0) is 57.4 Å². The molecule has 4 aromatic rings. The number of ether oxygens (including phenoxy) is 3. The lowest BCUT2D eigenvalue weighted by atomic mass is 9.95. The lowest BCUT2D eigenvalue weighted by Gasteiger charge is -2.18. The number of rotatable bonds is 8. The number of aliphatic hydroxyl groups is 1. The summed E-state index contributed by atoms with van der Waals surface area (Å²) in [5, 5.41) is 23.6. The molecule has 0 saturated heterocycles. The van der Waals surface area contributed by atoms with Crippen molar-refractivity contribution in [3.05, 3.63) is 89.0 Å². The molecule has 2 heterocycles. The van der Waals surface area contributed by atoms with E-state index in [0.717, 1.165) is 17.7 Å². The second kappa shape index (κ2) is 10.0. The number of carbonyl (C=O) groups is 1. The van der Waals surface area contributed by atoms with Crippen molar-refractivity contribution in [1.29, 1.82) is 0 Å². The van der Waals surface area contributed by atoms with Gasteiger partial charge in [0.25, 0.3) is 0 Å². The van der Waals surface area contributed by atoms with Crippen LogP contribution in [0.15, 0.2) is 54.9 Å². The van der Waals surface area contributed by atoms with Gasteiger partial charge in [0.2, 0.25) is 0 Å². The summed E-state index contributed by atoms with van der Waals surface area (Å²) >= 11 is 0. The van der Waals surface area contributed by atoms with Crippen LogP contribution in [0.3, 0.4) is 0 Å². The second-order valence-corrected chi connectivity index (χ2v) is 12.4. The van der Waals surface area contributed by atoms with E-state index in [1.807, 2.05) is 6.07 Å². The molecule has 11 heteroatoms. The lowest BCUT2D eigenvalue weighted by molar-refractivity contribution is -0.139. The Hall–Kier alpha value is -4.51. The number of nitrogens with zero attached hydrogens (tertiary/aromatic N) is 2. The number of hydrogen-bond donors (Lipinski definition) is 2. The number of benzene rings is 3. The van der Waals surface area contributed by atoms with Gasteiger partial charge in [0.05, 0.1) is 30.9 Å². The van der Waals surface area contributed by atoms with E-state index >= 15 is 13.2 Å². The third-order valence-electron chi connectivity index (χ3n) is 8.60. The van der Waals surface area contributed by atoms with E-state index in [0.29, 0.717) is 48.5 Å². The maximum absolute atomic E-state index is 15.2. The Morgan fingerprint density at radius 1 is 1.11 bits per heavy atom. The molecule has 3 atom stereocenters. The van der Waals surface area contributed by atoms with E-state index in [-0.39, 0.29) is 29.2 Å². The van der Waals surface area contributed by atoms with Gasteiger partial charge in [-0.15, -0.1) is 0 Å². The predicted molar refractivity (Wildman–Crippen MR) is 151 cm³/mol. The van der Waals surface area contributed by atoms with Gasteiger partial charge in [-0.1, -0.05) is 6.07 Å². The maximum atomic E-state index is 15.2. The Morgan fingerprint density at radius 2 is 1.93 bits per heavy atom. The number of hydrogen-bond acceptors (Lipinski definition) is 6. The summed E-state index contributed by atoms with van der Waals surface area (Å²) in [5.41, 5.74) is 0.422. The van der Waals surface area contributed by atoms with Crippen molar-refractivity contribution in [1.82, 2.24) is 9.78 Å². The first kappa shape index (κ1) is 28.3. The van der Waals surface area contributed by atoms with Crippen molar-refractivity contribution in [3.8, 4) is 34.1 Å². The third-order valence-corrected chi connectivity index (χ3v) is 8.60. The second-order valence-electron chi connectivity index (χ2n) is 12.4. The number of halogens is 3. The van der Waals surface area contributed by atoms with Gasteiger partial charge >= 0.3 is 5.97 Å². The largest absolute Gasteiger partial charge is 0.492 e. The van der Waals surface area contributed by atoms with Crippen LogP contribution in [-0.2, 0) is 23.2 Å². The highest BCUT2D eigenvalue weighted by molar-refractivity contribution is 5.78. The van der Waals surface area contributed by atoms with E-state index < -0.39 is 46.5 Å². The first-order valence-electron chi connectivity index (χ1n) is 14.3. The summed E-state index contributed by atoms with van der Waals surface area (Å²) in [4.78, 5) is 11.5. The molecule has 1 saturated carbocycles. The molecule has 0 amide bonds. The first-order valence-corrected chi connectivity index (χ1v) is 14.3. The minimum absolute atomic E-state index is 0.0148. The molecule has 44 heavy (non-hydrogen) atoms. The molecule has 3 aliphatic rings. The fraction of sp³-hybridized carbons (Fsp3) is 0.333. The van der Waals surface area contributed by atoms with Crippen molar-refractivity contribution < 1.29 is 42.4 Å². The topological polar surface area (TPSA) is 103 Å². The molecule has 3 aromatic carbocycles. The highest BCUT2D eigenvalue weighted by Crippen LogP contribution is 2.60. The summed E-state index contributed by atoms with van der Waals surface area (Å²) in [6.45, 7) is 3.71. The smallest absolute Gasteiger partial charge is 0.307 e. The van der Waals surface area contributed by atoms with Crippen LogP contribution >= 0.6 is 0 Å². The lowest BCUT2D eigenvalue weighted by Crippen LogP contribution is -2.26. The molecule has 228 valence electrons. The number of aliphatic carboxylic acids is 1. The fourth-order valence-corrected chi connectivity index (χ4v) is 6.43. The Balaban J connectivity index is 1.11. The Kier molecular flexibility index (Phi) is 6.44. The molecule has 1 spiro atoms. The van der Waals surface area contributed by atoms with Gasteiger partial charge < -0.3 is 24.4 Å². The average Bonchev–Trinajstić information content (AvgIpc) is 3.21. The van der Waals surface area contributed by atoms with E-state index in [1.165, 1.54) is 29.2 Å². The number of carboxylic acids is 1. The standard InChI is InChI=1S/C33H29F3N2O6/c1-32(2,41)15-38-14-17(13-37-38)20-10-25(36)29(11-24(20)35)44-26-8-6-23(34)30-19(26)4-7-27(30)43-18-3-5-21-28(9-18)42-16-33(21)12-22(33)31(39)40/h3,5-6,8-11,13-14,22,27,41H,4,7,12,15-16H2,1-2H3,(H,39,40)/t22?,27-,33?/m1/s1. The van der Waals surface area contributed by atoms with Crippen molar-refractivity contribution in [3.63, 3.8) is 0 Å². The number of fused-ring (bicyclic) bond motifs is 3. The molecule has 1 aliphatic heterocycles. The molecule has 1 fully saturated rings. The number of aromatic nitrogens is 2. The van der Waals surface area contributed by atoms with Crippen LogP contribution in [0.5, 0.6) is 23.0 Å². The van der Waals surface area contributed by atoms with Crippen LogP contribution in [-0.4, -0.2) is 38.2 Å². The van der Waals surface area contributed by atoms with E-state index in [4.69, 9.17) is 14.2 Å². The van der Waals surface area contributed by atoms with Crippen molar-refractivity contribution in [2.45, 2.75) is 56.8 Å². The maximum Gasteiger partial charge on any atom is 0.307 e. The van der Waals surface area contributed by atoms with Gasteiger partial charge in [-0.25, -0.2) is 13.2 Å². The zero-order chi connectivity index (χ0) is 31.0. The fourth-order valence-electron chi connectivity index (χ4n) is 6.43. The molecular weight excluding hydrogens is 577 g/mol.